The van der Waals surface area contributed by atoms with Gasteiger partial charge in [0.2, 0.25) is 0 Å². The molecular formula is C14H23N3O. The summed E-state index contributed by atoms with van der Waals surface area (Å²) in [6, 6.07) is 1.99. The zero-order chi connectivity index (χ0) is 13.3. The van der Waals surface area contributed by atoms with E-state index in [0.717, 1.165) is 12.5 Å². The van der Waals surface area contributed by atoms with Gasteiger partial charge in [0.1, 0.15) is 5.69 Å². The Balaban J connectivity index is 1.99. The molecule has 1 heterocycles. The highest BCUT2D eigenvalue weighted by Gasteiger charge is 2.28. The fourth-order valence-electron chi connectivity index (χ4n) is 2.29. The van der Waals surface area contributed by atoms with E-state index in [2.05, 4.69) is 12.2 Å². The first-order chi connectivity index (χ1) is 8.49. The van der Waals surface area contributed by atoms with Crippen LogP contribution in [0.3, 0.4) is 0 Å². The summed E-state index contributed by atoms with van der Waals surface area (Å²) in [5.74, 6) is 1.37. The summed E-state index contributed by atoms with van der Waals surface area (Å²) >= 11 is 0. The number of nitrogen functional groups attached to an aromatic ring is 1. The molecule has 1 aromatic rings. The Bertz CT molecular complexity index is 432. The lowest BCUT2D eigenvalue weighted by Crippen LogP contribution is -2.30. The second kappa shape index (κ2) is 5.04. The summed E-state index contributed by atoms with van der Waals surface area (Å²) in [5.41, 5.74) is 7.07. The van der Waals surface area contributed by atoms with Gasteiger partial charge in [0.25, 0.3) is 5.91 Å². The van der Waals surface area contributed by atoms with E-state index in [1.54, 1.807) is 6.07 Å². The van der Waals surface area contributed by atoms with Gasteiger partial charge in [-0.05, 0) is 44.6 Å². The smallest absolute Gasteiger partial charge is 0.268 e. The Hall–Kier alpha value is -1.45. The van der Waals surface area contributed by atoms with E-state index in [0.29, 0.717) is 17.3 Å². The number of rotatable bonds is 5. The number of nitrogens with two attached hydrogens (primary N) is 1. The minimum absolute atomic E-state index is 0.0205. The first-order valence-corrected chi connectivity index (χ1v) is 6.74. The fourth-order valence-corrected chi connectivity index (χ4v) is 2.29. The lowest BCUT2D eigenvalue weighted by molar-refractivity contribution is 0.0936. The van der Waals surface area contributed by atoms with Crippen molar-refractivity contribution < 1.29 is 4.79 Å². The van der Waals surface area contributed by atoms with Crippen molar-refractivity contribution >= 4 is 11.6 Å². The topological polar surface area (TPSA) is 60.1 Å². The maximum Gasteiger partial charge on any atom is 0.268 e. The van der Waals surface area contributed by atoms with Crippen LogP contribution >= 0.6 is 0 Å². The molecule has 2 rings (SSSR count). The Morgan fingerprint density at radius 2 is 2.17 bits per heavy atom. The Kier molecular flexibility index (Phi) is 3.64. The molecule has 1 amide bonds. The van der Waals surface area contributed by atoms with Crippen LogP contribution in [0.2, 0.25) is 0 Å². The standard InChI is InChI=1S/C14H23N3O/c1-9(2)17-8-12(15)6-13(17)14(18)16-7-10(3)11-4-5-11/h6,8-11H,4-5,7,15H2,1-3H3,(H,16,18). The van der Waals surface area contributed by atoms with E-state index in [1.807, 2.05) is 24.6 Å². The largest absolute Gasteiger partial charge is 0.397 e. The average Bonchev–Trinajstić information content (AvgIpc) is 3.08. The van der Waals surface area contributed by atoms with Gasteiger partial charge in [-0.2, -0.15) is 0 Å². The average molecular weight is 249 g/mol. The molecule has 0 spiro atoms. The number of carbonyl (C=O) groups excluding carboxylic acids is 1. The van der Waals surface area contributed by atoms with E-state index in [1.165, 1.54) is 12.8 Å². The van der Waals surface area contributed by atoms with Gasteiger partial charge in [-0.3, -0.25) is 4.79 Å². The third-order valence-electron chi connectivity index (χ3n) is 3.67. The molecule has 1 aliphatic rings. The molecule has 1 aliphatic carbocycles. The number of aromatic nitrogens is 1. The number of anilines is 1. The number of amides is 1. The molecular weight excluding hydrogens is 226 g/mol. The highest BCUT2D eigenvalue weighted by Crippen LogP contribution is 2.36. The molecule has 100 valence electrons. The van der Waals surface area contributed by atoms with Gasteiger partial charge in [-0.1, -0.05) is 6.92 Å². The molecule has 0 saturated heterocycles. The molecule has 1 atom stereocenters. The van der Waals surface area contributed by atoms with Crippen LogP contribution in [0.1, 0.15) is 50.1 Å². The predicted octanol–water partition coefficient (Wildman–Crippen LogP) is 2.43. The number of nitrogens with zero attached hydrogens (tertiary/aromatic N) is 1. The van der Waals surface area contributed by atoms with Crippen LogP contribution in [-0.2, 0) is 0 Å². The van der Waals surface area contributed by atoms with Crippen LogP contribution in [0.5, 0.6) is 0 Å². The number of nitrogens with one attached hydrogen (secondary N) is 1. The van der Waals surface area contributed by atoms with E-state index in [9.17, 15) is 4.79 Å². The van der Waals surface area contributed by atoms with Crippen LogP contribution in [0.15, 0.2) is 12.3 Å². The second-order valence-corrected chi connectivity index (χ2v) is 5.68. The first kappa shape index (κ1) is 13.0. The van der Waals surface area contributed by atoms with E-state index >= 15 is 0 Å². The van der Waals surface area contributed by atoms with Crippen molar-refractivity contribution in [3.63, 3.8) is 0 Å². The number of carbonyl (C=O) groups is 1. The molecule has 1 unspecified atom stereocenters. The zero-order valence-corrected chi connectivity index (χ0v) is 11.4. The van der Waals surface area contributed by atoms with E-state index < -0.39 is 0 Å². The van der Waals surface area contributed by atoms with E-state index in [4.69, 9.17) is 5.73 Å². The Morgan fingerprint density at radius 3 is 2.72 bits per heavy atom. The van der Waals surface area contributed by atoms with Crippen LogP contribution in [0.25, 0.3) is 0 Å². The minimum atomic E-state index is -0.0205. The van der Waals surface area contributed by atoms with E-state index in [-0.39, 0.29) is 11.9 Å². The first-order valence-electron chi connectivity index (χ1n) is 6.74. The normalized spacial score (nSPS) is 16.9. The van der Waals surface area contributed by atoms with Crippen LogP contribution in [0.4, 0.5) is 5.69 Å². The van der Waals surface area contributed by atoms with Crippen molar-refractivity contribution in [2.45, 2.75) is 39.7 Å². The predicted molar refractivity (Wildman–Crippen MR) is 73.5 cm³/mol. The van der Waals surface area contributed by atoms with Crippen LogP contribution in [-0.4, -0.2) is 17.0 Å². The van der Waals surface area contributed by atoms with Gasteiger partial charge >= 0.3 is 0 Å². The zero-order valence-electron chi connectivity index (χ0n) is 11.4. The lowest BCUT2D eigenvalue weighted by atomic mass is 10.1. The molecule has 1 saturated carbocycles. The third-order valence-corrected chi connectivity index (χ3v) is 3.67. The Morgan fingerprint density at radius 1 is 1.50 bits per heavy atom. The van der Waals surface area contributed by atoms with Gasteiger partial charge in [0.05, 0.1) is 5.69 Å². The highest BCUT2D eigenvalue weighted by atomic mass is 16.1. The summed E-state index contributed by atoms with van der Waals surface area (Å²) in [7, 11) is 0. The molecule has 18 heavy (non-hydrogen) atoms. The maximum atomic E-state index is 12.1. The third kappa shape index (κ3) is 2.86. The van der Waals surface area contributed by atoms with Crippen molar-refractivity contribution in [1.29, 1.82) is 0 Å². The molecule has 0 bridgehead atoms. The maximum absolute atomic E-state index is 12.1. The van der Waals surface area contributed by atoms with Gasteiger partial charge < -0.3 is 15.6 Å². The van der Waals surface area contributed by atoms with Gasteiger partial charge in [-0.15, -0.1) is 0 Å². The molecule has 3 N–H and O–H groups in total. The SMILES string of the molecule is CC(CNC(=O)c1cc(N)cn1C(C)C)C1CC1. The molecule has 0 aromatic carbocycles. The summed E-state index contributed by atoms with van der Waals surface area (Å²) in [5, 5.41) is 3.01. The monoisotopic (exact) mass is 249 g/mol. The number of hydrogen-bond acceptors (Lipinski definition) is 2. The lowest BCUT2D eigenvalue weighted by Gasteiger charge is -2.14. The molecule has 1 fully saturated rings. The molecule has 0 radical (unpaired) electrons. The summed E-state index contributed by atoms with van der Waals surface area (Å²) in [6.07, 6.45) is 4.45. The number of hydrogen-bond donors (Lipinski definition) is 2. The molecule has 4 nitrogen and oxygen atoms in total. The van der Waals surface area contributed by atoms with Gasteiger partial charge in [0, 0.05) is 18.8 Å². The molecule has 0 aliphatic heterocycles. The second-order valence-electron chi connectivity index (χ2n) is 5.68. The van der Waals surface area contributed by atoms with Gasteiger partial charge in [-0.25, -0.2) is 0 Å². The molecule has 4 heteroatoms. The van der Waals surface area contributed by atoms with Crippen molar-refractivity contribution in [1.82, 2.24) is 9.88 Å². The summed E-state index contributed by atoms with van der Waals surface area (Å²) < 4.78 is 1.92. The van der Waals surface area contributed by atoms with Crippen molar-refractivity contribution in [2.75, 3.05) is 12.3 Å². The fraction of sp³-hybridized carbons (Fsp3) is 0.643. The van der Waals surface area contributed by atoms with Crippen molar-refractivity contribution in [3.8, 4) is 0 Å². The van der Waals surface area contributed by atoms with Crippen molar-refractivity contribution in [3.05, 3.63) is 18.0 Å². The highest BCUT2D eigenvalue weighted by molar-refractivity contribution is 5.93. The quantitative estimate of drug-likeness (QED) is 0.842. The minimum Gasteiger partial charge on any atom is -0.397 e. The van der Waals surface area contributed by atoms with Crippen LogP contribution in [0, 0.1) is 11.8 Å². The van der Waals surface area contributed by atoms with Crippen LogP contribution < -0.4 is 11.1 Å². The summed E-state index contributed by atoms with van der Waals surface area (Å²) in [6.45, 7) is 7.05. The summed E-state index contributed by atoms with van der Waals surface area (Å²) in [4.78, 5) is 12.1. The molecule has 1 aromatic heterocycles. The van der Waals surface area contributed by atoms with Crippen molar-refractivity contribution in [2.24, 2.45) is 11.8 Å². The Labute approximate surface area is 109 Å². The van der Waals surface area contributed by atoms with Gasteiger partial charge in [0.15, 0.2) is 0 Å².